The predicted octanol–water partition coefficient (Wildman–Crippen LogP) is 1.86. The topological polar surface area (TPSA) is 71.2 Å². The van der Waals surface area contributed by atoms with Gasteiger partial charge in [-0.3, -0.25) is 9.69 Å². The number of hydrogen-bond acceptors (Lipinski definition) is 4. The molecule has 5 nitrogen and oxygen atoms in total. The Bertz CT molecular complexity index is 463. The molecule has 1 amide bonds. The molecule has 1 aliphatic rings. The molecule has 1 fully saturated rings. The van der Waals surface area contributed by atoms with Crippen LogP contribution in [0.1, 0.15) is 12.8 Å². The van der Waals surface area contributed by atoms with Gasteiger partial charge in [0, 0.05) is 25.3 Å². The Morgan fingerprint density at radius 1 is 1.58 bits per heavy atom. The standard InChI is InChI=1S/C12H16BrClN4O/c13-10-5-8(14)6-16-12(10)17-9-1-3-18(4-2-9)7-11(15)19/h5-6,9H,1-4,7H2,(H2,15,19)(H,16,17). The Labute approximate surface area is 125 Å². The number of pyridine rings is 1. The summed E-state index contributed by atoms with van der Waals surface area (Å²) in [6.07, 6.45) is 3.55. The molecule has 19 heavy (non-hydrogen) atoms. The molecule has 3 N–H and O–H groups in total. The third-order valence-corrected chi connectivity index (χ3v) is 3.93. The van der Waals surface area contributed by atoms with E-state index in [4.69, 9.17) is 17.3 Å². The van der Waals surface area contributed by atoms with Crippen molar-refractivity contribution in [3.8, 4) is 0 Å². The van der Waals surface area contributed by atoms with E-state index >= 15 is 0 Å². The SMILES string of the molecule is NC(=O)CN1CCC(Nc2ncc(Cl)cc2Br)CC1. The first-order valence-electron chi connectivity index (χ1n) is 6.13. The molecule has 0 atom stereocenters. The molecular weight excluding hydrogens is 332 g/mol. The Balaban J connectivity index is 1.87. The van der Waals surface area contributed by atoms with E-state index in [1.54, 1.807) is 6.20 Å². The lowest BCUT2D eigenvalue weighted by atomic mass is 10.1. The maximum absolute atomic E-state index is 10.9. The monoisotopic (exact) mass is 346 g/mol. The van der Waals surface area contributed by atoms with Crippen LogP contribution in [0.5, 0.6) is 0 Å². The molecule has 7 heteroatoms. The number of anilines is 1. The average molecular weight is 348 g/mol. The minimum absolute atomic E-state index is 0.270. The van der Waals surface area contributed by atoms with Crippen molar-refractivity contribution in [1.82, 2.24) is 9.88 Å². The van der Waals surface area contributed by atoms with Gasteiger partial charge in [-0.25, -0.2) is 4.98 Å². The van der Waals surface area contributed by atoms with E-state index in [0.717, 1.165) is 36.2 Å². The minimum Gasteiger partial charge on any atom is -0.369 e. The van der Waals surface area contributed by atoms with Gasteiger partial charge in [0.25, 0.3) is 0 Å². The molecule has 1 aliphatic heterocycles. The molecule has 0 aliphatic carbocycles. The molecule has 104 valence electrons. The summed E-state index contributed by atoms with van der Waals surface area (Å²) in [5.41, 5.74) is 5.19. The fourth-order valence-electron chi connectivity index (χ4n) is 2.17. The quantitative estimate of drug-likeness (QED) is 0.872. The Morgan fingerprint density at radius 3 is 2.84 bits per heavy atom. The Kier molecular flexibility index (Phi) is 5.01. The van der Waals surface area contributed by atoms with Gasteiger partial charge in [0.2, 0.25) is 5.91 Å². The van der Waals surface area contributed by atoms with Gasteiger partial charge in [-0.15, -0.1) is 0 Å². The Morgan fingerprint density at radius 2 is 2.26 bits per heavy atom. The van der Waals surface area contributed by atoms with Crippen LogP contribution in [-0.4, -0.2) is 41.5 Å². The van der Waals surface area contributed by atoms with Gasteiger partial charge in [0.15, 0.2) is 0 Å². The molecule has 1 aromatic heterocycles. The summed E-state index contributed by atoms with van der Waals surface area (Å²) in [5.74, 6) is 0.534. The van der Waals surface area contributed by atoms with Crippen molar-refractivity contribution < 1.29 is 4.79 Å². The molecule has 1 aromatic rings. The van der Waals surface area contributed by atoms with E-state index in [1.807, 2.05) is 6.07 Å². The smallest absolute Gasteiger partial charge is 0.231 e. The number of aromatic nitrogens is 1. The van der Waals surface area contributed by atoms with E-state index in [-0.39, 0.29) is 5.91 Å². The number of piperidine rings is 1. The molecule has 0 unspecified atom stereocenters. The molecule has 0 spiro atoms. The second-order valence-corrected chi connectivity index (χ2v) is 5.94. The van der Waals surface area contributed by atoms with Gasteiger partial charge in [-0.05, 0) is 34.8 Å². The molecule has 2 rings (SSSR count). The molecule has 0 aromatic carbocycles. The van der Waals surface area contributed by atoms with E-state index in [0.29, 0.717) is 17.6 Å². The first-order chi connectivity index (χ1) is 9.04. The zero-order valence-corrected chi connectivity index (χ0v) is 12.7. The number of nitrogens with zero attached hydrogens (tertiary/aromatic N) is 2. The van der Waals surface area contributed by atoms with Crippen LogP contribution in [0, 0.1) is 0 Å². The molecule has 2 heterocycles. The van der Waals surface area contributed by atoms with Crippen molar-refractivity contribution in [2.45, 2.75) is 18.9 Å². The summed E-state index contributed by atoms with van der Waals surface area (Å²) in [6.45, 7) is 2.08. The highest BCUT2D eigenvalue weighted by atomic mass is 79.9. The van der Waals surface area contributed by atoms with E-state index in [1.165, 1.54) is 0 Å². The van der Waals surface area contributed by atoms with Crippen molar-refractivity contribution in [3.63, 3.8) is 0 Å². The summed E-state index contributed by atoms with van der Waals surface area (Å²) in [5, 5.41) is 4.00. The summed E-state index contributed by atoms with van der Waals surface area (Å²) in [6, 6.07) is 2.17. The zero-order chi connectivity index (χ0) is 13.8. The normalized spacial score (nSPS) is 17.4. The van der Waals surface area contributed by atoms with Crippen molar-refractivity contribution >= 4 is 39.3 Å². The van der Waals surface area contributed by atoms with Crippen LogP contribution in [0.25, 0.3) is 0 Å². The van der Waals surface area contributed by atoms with Crippen LogP contribution in [0.15, 0.2) is 16.7 Å². The number of carbonyl (C=O) groups is 1. The van der Waals surface area contributed by atoms with Gasteiger partial charge in [0.1, 0.15) is 5.82 Å². The highest BCUT2D eigenvalue weighted by Crippen LogP contribution is 2.25. The Hall–Kier alpha value is -0.850. The lowest BCUT2D eigenvalue weighted by molar-refractivity contribution is -0.119. The maximum atomic E-state index is 10.9. The number of nitrogens with two attached hydrogens (primary N) is 1. The minimum atomic E-state index is -0.270. The number of amides is 1. The number of halogens is 2. The lowest BCUT2D eigenvalue weighted by Gasteiger charge is -2.31. The van der Waals surface area contributed by atoms with Crippen LogP contribution in [-0.2, 0) is 4.79 Å². The summed E-state index contributed by atoms with van der Waals surface area (Å²) < 4.78 is 0.861. The fourth-order valence-corrected chi connectivity index (χ4v) is 2.92. The van der Waals surface area contributed by atoms with Gasteiger partial charge in [-0.1, -0.05) is 11.6 Å². The maximum Gasteiger partial charge on any atom is 0.231 e. The van der Waals surface area contributed by atoms with E-state index < -0.39 is 0 Å². The number of rotatable bonds is 4. The summed E-state index contributed by atoms with van der Waals surface area (Å²) in [7, 11) is 0. The molecule has 0 bridgehead atoms. The second-order valence-electron chi connectivity index (χ2n) is 4.65. The number of carbonyl (C=O) groups excluding carboxylic acids is 1. The molecule has 0 saturated carbocycles. The van der Waals surface area contributed by atoms with E-state index in [9.17, 15) is 4.79 Å². The largest absolute Gasteiger partial charge is 0.369 e. The van der Waals surface area contributed by atoms with Gasteiger partial charge < -0.3 is 11.1 Å². The second kappa shape index (κ2) is 6.54. The number of likely N-dealkylation sites (tertiary alicyclic amines) is 1. The third kappa shape index (κ3) is 4.33. The van der Waals surface area contributed by atoms with Crippen molar-refractivity contribution in [1.29, 1.82) is 0 Å². The number of primary amides is 1. The van der Waals surface area contributed by atoms with Crippen LogP contribution in [0.4, 0.5) is 5.82 Å². The van der Waals surface area contributed by atoms with Gasteiger partial charge in [0.05, 0.1) is 16.0 Å². The zero-order valence-electron chi connectivity index (χ0n) is 10.4. The average Bonchev–Trinajstić information content (AvgIpc) is 2.34. The van der Waals surface area contributed by atoms with Gasteiger partial charge in [-0.2, -0.15) is 0 Å². The predicted molar refractivity (Wildman–Crippen MR) is 79.2 cm³/mol. The van der Waals surface area contributed by atoms with E-state index in [2.05, 4.69) is 31.1 Å². The highest BCUT2D eigenvalue weighted by Gasteiger charge is 2.20. The van der Waals surface area contributed by atoms with Crippen LogP contribution in [0.3, 0.4) is 0 Å². The van der Waals surface area contributed by atoms with Crippen molar-refractivity contribution in [3.05, 3.63) is 21.8 Å². The number of nitrogens with one attached hydrogen (secondary N) is 1. The highest BCUT2D eigenvalue weighted by molar-refractivity contribution is 9.10. The fraction of sp³-hybridized carbons (Fsp3) is 0.500. The molecular formula is C12H16BrClN4O. The van der Waals surface area contributed by atoms with Crippen LogP contribution in [0.2, 0.25) is 5.02 Å². The third-order valence-electron chi connectivity index (χ3n) is 3.12. The molecule has 1 saturated heterocycles. The van der Waals surface area contributed by atoms with Crippen LogP contribution >= 0.6 is 27.5 Å². The molecule has 0 radical (unpaired) electrons. The number of hydrogen-bond donors (Lipinski definition) is 2. The summed E-state index contributed by atoms with van der Waals surface area (Å²) in [4.78, 5) is 17.2. The first-order valence-corrected chi connectivity index (χ1v) is 7.30. The first kappa shape index (κ1) is 14.6. The summed E-state index contributed by atoms with van der Waals surface area (Å²) >= 11 is 9.29. The van der Waals surface area contributed by atoms with Gasteiger partial charge >= 0.3 is 0 Å². The lowest BCUT2D eigenvalue weighted by Crippen LogP contribution is -2.43. The van der Waals surface area contributed by atoms with Crippen LogP contribution < -0.4 is 11.1 Å². The van der Waals surface area contributed by atoms with Crippen molar-refractivity contribution in [2.24, 2.45) is 5.73 Å². The van der Waals surface area contributed by atoms with Crippen molar-refractivity contribution in [2.75, 3.05) is 25.0 Å².